The van der Waals surface area contributed by atoms with Crippen LogP contribution in [0.5, 0.6) is 5.75 Å². The van der Waals surface area contributed by atoms with Crippen molar-refractivity contribution in [2.24, 2.45) is 5.16 Å². The van der Waals surface area contributed by atoms with Crippen LogP contribution in [0.1, 0.15) is 11.1 Å². The molecule has 1 aromatic rings. The number of hydrogen-bond donors (Lipinski definition) is 2. The molecule has 12 heavy (non-hydrogen) atoms. The maximum absolute atomic E-state index is 9.30. The van der Waals surface area contributed by atoms with Crippen LogP contribution < -0.4 is 0 Å². The van der Waals surface area contributed by atoms with Crippen LogP contribution in [0.2, 0.25) is 0 Å². The molecule has 0 aromatic heterocycles. The highest BCUT2D eigenvalue weighted by molar-refractivity contribution is 5.83. The summed E-state index contributed by atoms with van der Waals surface area (Å²) in [6, 6.07) is 4.96. The monoisotopic (exact) mass is 163 g/mol. The number of phenols is 1. The molecule has 0 radical (unpaired) electrons. The van der Waals surface area contributed by atoms with Crippen LogP contribution in [0.3, 0.4) is 0 Å². The summed E-state index contributed by atoms with van der Waals surface area (Å²) in [6.45, 7) is 3.55. The molecule has 0 heterocycles. The van der Waals surface area contributed by atoms with Crippen molar-refractivity contribution in [3.63, 3.8) is 0 Å². The van der Waals surface area contributed by atoms with Gasteiger partial charge in [-0.1, -0.05) is 23.9 Å². The maximum atomic E-state index is 9.30. The summed E-state index contributed by atoms with van der Waals surface area (Å²) in [7, 11) is 0. The second-order valence-corrected chi connectivity index (χ2v) is 2.27. The van der Waals surface area contributed by atoms with E-state index in [1.54, 1.807) is 24.3 Å². The number of phenolic OH excluding ortho intramolecular Hbond substituents is 1. The highest BCUT2D eigenvalue weighted by atomic mass is 16.4. The molecule has 0 atom stereocenters. The second kappa shape index (κ2) is 3.57. The van der Waals surface area contributed by atoms with Gasteiger partial charge in [0.2, 0.25) is 0 Å². The third-order valence-corrected chi connectivity index (χ3v) is 1.49. The molecule has 1 rings (SSSR count). The molecule has 0 aliphatic rings. The first kappa shape index (κ1) is 8.33. The predicted octanol–water partition coefficient (Wildman–Crippen LogP) is 1.84. The van der Waals surface area contributed by atoms with Crippen LogP contribution >= 0.6 is 0 Å². The minimum Gasteiger partial charge on any atom is -0.507 e. The van der Waals surface area contributed by atoms with E-state index in [0.717, 1.165) is 5.56 Å². The zero-order valence-electron chi connectivity index (χ0n) is 6.44. The van der Waals surface area contributed by atoms with E-state index >= 15 is 0 Å². The van der Waals surface area contributed by atoms with E-state index < -0.39 is 0 Å². The van der Waals surface area contributed by atoms with Gasteiger partial charge >= 0.3 is 0 Å². The van der Waals surface area contributed by atoms with E-state index in [-0.39, 0.29) is 5.75 Å². The van der Waals surface area contributed by atoms with Crippen molar-refractivity contribution in [3.05, 3.63) is 35.9 Å². The fraction of sp³-hybridized carbons (Fsp3) is 0. The van der Waals surface area contributed by atoms with E-state index in [4.69, 9.17) is 5.21 Å². The van der Waals surface area contributed by atoms with Gasteiger partial charge < -0.3 is 10.3 Å². The Morgan fingerprint density at radius 1 is 1.42 bits per heavy atom. The molecular formula is C9H9NO2. The summed E-state index contributed by atoms with van der Waals surface area (Å²) in [5, 5.41) is 20.3. The summed E-state index contributed by atoms with van der Waals surface area (Å²) in [5.74, 6) is 0.0743. The van der Waals surface area contributed by atoms with E-state index in [0.29, 0.717) is 5.56 Å². The molecule has 0 aliphatic carbocycles. The minimum atomic E-state index is 0.0743. The average Bonchev–Trinajstić information content (AvgIpc) is 2.09. The lowest BCUT2D eigenvalue weighted by Gasteiger charge is -1.98. The van der Waals surface area contributed by atoms with Crippen molar-refractivity contribution in [2.45, 2.75) is 0 Å². The largest absolute Gasteiger partial charge is 0.507 e. The Labute approximate surface area is 70.3 Å². The molecule has 0 saturated heterocycles. The van der Waals surface area contributed by atoms with Crippen LogP contribution in [0.4, 0.5) is 0 Å². The number of nitrogens with zero attached hydrogens (tertiary/aromatic N) is 1. The molecule has 2 N–H and O–H groups in total. The Bertz CT molecular complexity index is 318. The summed E-state index contributed by atoms with van der Waals surface area (Å²) in [5.41, 5.74) is 1.30. The normalized spacial score (nSPS) is 10.3. The van der Waals surface area contributed by atoms with Gasteiger partial charge in [0.15, 0.2) is 0 Å². The second-order valence-electron chi connectivity index (χ2n) is 2.27. The van der Waals surface area contributed by atoms with Gasteiger partial charge in [-0.05, 0) is 17.7 Å². The van der Waals surface area contributed by atoms with Crippen molar-refractivity contribution < 1.29 is 10.3 Å². The lowest BCUT2D eigenvalue weighted by atomic mass is 10.1. The highest BCUT2D eigenvalue weighted by Gasteiger charge is 1.97. The Hall–Kier alpha value is -1.77. The quantitative estimate of drug-likeness (QED) is 0.397. The van der Waals surface area contributed by atoms with E-state index in [2.05, 4.69) is 11.7 Å². The molecule has 0 amide bonds. The van der Waals surface area contributed by atoms with E-state index in [1.165, 1.54) is 6.21 Å². The van der Waals surface area contributed by atoms with Crippen LogP contribution in [0, 0.1) is 0 Å². The molecule has 0 spiro atoms. The standard InChI is InChI=1S/C9H9NO2/c1-2-7-3-4-8(6-10-12)9(11)5-7/h2-6,11-12H,1H2/b10-6-. The number of benzene rings is 1. The number of oxime groups is 1. The molecule has 0 saturated carbocycles. The molecule has 0 unspecified atom stereocenters. The van der Waals surface area contributed by atoms with Gasteiger partial charge in [0.05, 0.1) is 6.21 Å². The first-order chi connectivity index (χ1) is 5.77. The third kappa shape index (κ3) is 1.63. The van der Waals surface area contributed by atoms with Gasteiger partial charge in [0.1, 0.15) is 5.75 Å². The molecule has 62 valence electrons. The Morgan fingerprint density at radius 3 is 2.67 bits per heavy atom. The van der Waals surface area contributed by atoms with Crippen molar-refractivity contribution in [2.75, 3.05) is 0 Å². The average molecular weight is 163 g/mol. The van der Waals surface area contributed by atoms with Crippen LogP contribution in [0.25, 0.3) is 6.08 Å². The fourth-order valence-electron chi connectivity index (χ4n) is 0.859. The summed E-state index contributed by atoms with van der Waals surface area (Å²) < 4.78 is 0. The molecule has 0 fully saturated rings. The van der Waals surface area contributed by atoms with Crippen molar-refractivity contribution in [1.29, 1.82) is 0 Å². The molecule has 1 aromatic carbocycles. The molecular weight excluding hydrogens is 154 g/mol. The molecule has 0 aliphatic heterocycles. The van der Waals surface area contributed by atoms with Gasteiger partial charge in [-0.25, -0.2) is 0 Å². The topological polar surface area (TPSA) is 52.8 Å². The van der Waals surface area contributed by atoms with E-state index in [9.17, 15) is 5.11 Å². The lowest BCUT2D eigenvalue weighted by Crippen LogP contribution is -1.82. The lowest BCUT2D eigenvalue weighted by molar-refractivity contribution is 0.321. The molecule has 0 bridgehead atoms. The number of aromatic hydroxyl groups is 1. The Morgan fingerprint density at radius 2 is 2.17 bits per heavy atom. The predicted molar refractivity (Wildman–Crippen MR) is 47.6 cm³/mol. The zero-order valence-corrected chi connectivity index (χ0v) is 6.44. The van der Waals surface area contributed by atoms with E-state index in [1.807, 2.05) is 0 Å². The van der Waals surface area contributed by atoms with Crippen LogP contribution in [0.15, 0.2) is 29.9 Å². The first-order valence-electron chi connectivity index (χ1n) is 3.41. The SMILES string of the molecule is C=Cc1ccc(/C=N\O)c(O)c1. The summed E-state index contributed by atoms with van der Waals surface area (Å²) >= 11 is 0. The van der Waals surface area contributed by atoms with Gasteiger partial charge in [-0.3, -0.25) is 0 Å². The van der Waals surface area contributed by atoms with Crippen molar-refractivity contribution in [1.82, 2.24) is 0 Å². The molecule has 3 heteroatoms. The van der Waals surface area contributed by atoms with Crippen LogP contribution in [-0.4, -0.2) is 16.5 Å². The van der Waals surface area contributed by atoms with Crippen LogP contribution in [-0.2, 0) is 0 Å². The Kier molecular flexibility index (Phi) is 2.48. The Balaban J connectivity index is 3.11. The third-order valence-electron chi connectivity index (χ3n) is 1.49. The summed E-state index contributed by atoms with van der Waals surface area (Å²) in [4.78, 5) is 0. The summed E-state index contributed by atoms with van der Waals surface area (Å²) in [6.07, 6.45) is 2.79. The molecule has 3 nitrogen and oxygen atoms in total. The van der Waals surface area contributed by atoms with Crippen molar-refractivity contribution >= 4 is 12.3 Å². The van der Waals surface area contributed by atoms with Gasteiger partial charge in [0.25, 0.3) is 0 Å². The highest BCUT2D eigenvalue weighted by Crippen LogP contribution is 2.17. The number of rotatable bonds is 2. The maximum Gasteiger partial charge on any atom is 0.125 e. The zero-order chi connectivity index (χ0) is 8.97. The smallest absolute Gasteiger partial charge is 0.125 e. The number of hydrogen-bond acceptors (Lipinski definition) is 3. The first-order valence-corrected chi connectivity index (χ1v) is 3.41. The minimum absolute atomic E-state index is 0.0743. The van der Waals surface area contributed by atoms with Gasteiger partial charge in [0, 0.05) is 5.56 Å². The van der Waals surface area contributed by atoms with Gasteiger partial charge in [-0.2, -0.15) is 0 Å². The fourth-order valence-corrected chi connectivity index (χ4v) is 0.859. The van der Waals surface area contributed by atoms with Gasteiger partial charge in [-0.15, -0.1) is 0 Å². The van der Waals surface area contributed by atoms with Crippen molar-refractivity contribution in [3.8, 4) is 5.75 Å².